The molecule has 0 heterocycles. The number of rotatable bonds is 0. The van der Waals surface area contributed by atoms with Crippen LogP contribution in [0.1, 0.15) is 33.4 Å². The van der Waals surface area contributed by atoms with Crippen molar-refractivity contribution < 1.29 is 26.3 Å². The number of anilines is 2. The summed E-state index contributed by atoms with van der Waals surface area (Å²) in [7, 11) is 0. The summed E-state index contributed by atoms with van der Waals surface area (Å²) >= 11 is 0. The standard InChI is InChI=1S/2C15H10F3N/c2*16-15(17,18)14-10-13(19)9-8-12(14)7-6-11-4-2-1-3-5-11/h2*1-5,8-10H,19H2. The van der Waals surface area contributed by atoms with Crippen LogP contribution in [0.4, 0.5) is 37.7 Å². The maximum absolute atomic E-state index is 12.8. The zero-order chi connectivity index (χ0) is 27.8. The van der Waals surface area contributed by atoms with Crippen LogP contribution in [0.25, 0.3) is 0 Å². The van der Waals surface area contributed by atoms with Crippen LogP contribution < -0.4 is 11.5 Å². The number of hydrogen-bond acceptors (Lipinski definition) is 2. The third-order valence-corrected chi connectivity index (χ3v) is 4.93. The van der Waals surface area contributed by atoms with E-state index in [1.807, 2.05) is 12.1 Å². The fraction of sp³-hybridized carbons (Fsp3) is 0.0667. The van der Waals surface area contributed by atoms with Crippen molar-refractivity contribution in [3.05, 3.63) is 130 Å². The minimum absolute atomic E-state index is 0.0672. The van der Waals surface area contributed by atoms with Gasteiger partial charge in [0.2, 0.25) is 0 Å². The highest BCUT2D eigenvalue weighted by molar-refractivity contribution is 5.54. The van der Waals surface area contributed by atoms with Crippen molar-refractivity contribution in [2.45, 2.75) is 12.4 Å². The van der Waals surface area contributed by atoms with Crippen molar-refractivity contribution in [3.8, 4) is 23.7 Å². The molecule has 8 heteroatoms. The Morgan fingerprint density at radius 3 is 1.11 bits per heavy atom. The highest BCUT2D eigenvalue weighted by Crippen LogP contribution is 2.34. The molecule has 0 bridgehead atoms. The maximum atomic E-state index is 12.8. The molecule has 0 amide bonds. The van der Waals surface area contributed by atoms with Gasteiger partial charge in [-0.25, -0.2) is 0 Å². The van der Waals surface area contributed by atoms with Gasteiger partial charge in [-0.3, -0.25) is 0 Å². The van der Waals surface area contributed by atoms with Crippen LogP contribution in [-0.4, -0.2) is 0 Å². The molecule has 0 atom stereocenters. The summed E-state index contributed by atoms with van der Waals surface area (Å²) in [5, 5.41) is 0. The zero-order valence-corrected chi connectivity index (χ0v) is 19.7. The van der Waals surface area contributed by atoms with E-state index in [9.17, 15) is 26.3 Å². The van der Waals surface area contributed by atoms with Crippen LogP contribution >= 0.6 is 0 Å². The molecule has 0 aliphatic rings. The third-order valence-electron chi connectivity index (χ3n) is 4.93. The molecular weight excluding hydrogens is 502 g/mol. The van der Waals surface area contributed by atoms with Crippen LogP contribution in [0.3, 0.4) is 0 Å². The Bertz CT molecular complexity index is 1380. The van der Waals surface area contributed by atoms with Crippen molar-refractivity contribution in [1.29, 1.82) is 0 Å². The largest absolute Gasteiger partial charge is 0.417 e. The van der Waals surface area contributed by atoms with Gasteiger partial charge in [-0.05, 0) is 60.7 Å². The second-order valence-electron chi connectivity index (χ2n) is 7.84. The van der Waals surface area contributed by atoms with E-state index in [2.05, 4.69) is 23.7 Å². The summed E-state index contributed by atoms with van der Waals surface area (Å²) < 4.78 is 77.0. The molecule has 4 N–H and O–H groups in total. The van der Waals surface area contributed by atoms with E-state index in [0.29, 0.717) is 11.1 Å². The van der Waals surface area contributed by atoms with E-state index < -0.39 is 23.5 Å². The topological polar surface area (TPSA) is 52.0 Å². The molecule has 192 valence electrons. The molecule has 0 unspecified atom stereocenters. The van der Waals surface area contributed by atoms with Crippen molar-refractivity contribution in [3.63, 3.8) is 0 Å². The van der Waals surface area contributed by atoms with Gasteiger partial charge in [0, 0.05) is 33.6 Å². The molecule has 2 nitrogen and oxygen atoms in total. The Hall–Kier alpha value is -4.82. The lowest BCUT2D eigenvalue weighted by Gasteiger charge is -2.09. The van der Waals surface area contributed by atoms with E-state index in [1.165, 1.54) is 24.3 Å². The van der Waals surface area contributed by atoms with Crippen LogP contribution in [0.5, 0.6) is 0 Å². The first kappa shape index (κ1) is 27.8. The van der Waals surface area contributed by atoms with Crippen molar-refractivity contribution in [1.82, 2.24) is 0 Å². The number of alkyl halides is 6. The second kappa shape index (κ2) is 11.9. The fourth-order valence-electron chi connectivity index (χ4n) is 3.13. The summed E-state index contributed by atoms with van der Waals surface area (Å²) in [5.74, 6) is 10.5. The molecule has 0 aromatic heterocycles. The molecule has 0 aliphatic heterocycles. The summed E-state index contributed by atoms with van der Waals surface area (Å²) in [6, 6.07) is 24.8. The lowest BCUT2D eigenvalue weighted by molar-refractivity contribution is -0.138. The van der Waals surface area contributed by atoms with Crippen LogP contribution in [0, 0.1) is 23.7 Å². The summed E-state index contributed by atoms with van der Waals surface area (Å²) in [6.45, 7) is 0. The quantitative estimate of drug-likeness (QED) is 0.144. The van der Waals surface area contributed by atoms with E-state index >= 15 is 0 Å². The van der Waals surface area contributed by atoms with E-state index in [0.717, 1.165) is 12.1 Å². The fourth-order valence-corrected chi connectivity index (χ4v) is 3.13. The Morgan fingerprint density at radius 1 is 0.447 bits per heavy atom. The third kappa shape index (κ3) is 8.11. The van der Waals surface area contributed by atoms with Gasteiger partial charge >= 0.3 is 12.4 Å². The molecule has 0 aliphatic carbocycles. The smallest absolute Gasteiger partial charge is 0.399 e. The van der Waals surface area contributed by atoms with Crippen molar-refractivity contribution in [2.75, 3.05) is 11.5 Å². The molecule has 0 saturated heterocycles. The lowest BCUT2D eigenvalue weighted by Crippen LogP contribution is -2.08. The highest BCUT2D eigenvalue weighted by Gasteiger charge is 2.34. The first-order valence-corrected chi connectivity index (χ1v) is 11.0. The molecule has 38 heavy (non-hydrogen) atoms. The van der Waals surface area contributed by atoms with Gasteiger partial charge in [0.15, 0.2) is 0 Å². The molecule has 0 saturated carbocycles. The monoisotopic (exact) mass is 522 g/mol. The first-order valence-electron chi connectivity index (χ1n) is 11.0. The van der Waals surface area contributed by atoms with E-state index in [1.54, 1.807) is 48.5 Å². The van der Waals surface area contributed by atoms with Gasteiger partial charge in [-0.1, -0.05) is 60.1 Å². The van der Waals surface area contributed by atoms with Crippen molar-refractivity contribution >= 4 is 11.4 Å². The van der Waals surface area contributed by atoms with Crippen LogP contribution in [0.15, 0.2) is 97.1 Å². The normalized spacial score (nSPS) is 10.7. The molecule has 0 fully saturated rings. The molecule has 0 radical (unpaired) electrons. The van der Waals surface area contributed by atoms with Crippen LogP contribution in [-0.2, 0) is 12.4 Å². The minimum Gasteiger partial charge on any atom is -0.399 e. The number of nitrogens with two attached hydrogens (primary N) is 2. The Morgan fingerprint density at radius 2 is 0.789 bits per heavy atom. The number of halogens is 6. The zero-order valence-electron chi connectivity index (χ0n) is 19.7. The van der Waals surface area contributed by atoms with E-state index in [-0.39, 0.29) is 22.5 Å². The molecular formula is C30H20F6N2. The van der Waals surface area contributed by atoms with Gasteiger partial charge in [0.05, 0.1) is 11.1 Å². The average molecular weight is 522 g/mol. The van der Waals surface area contributed by atoms with Gasteiger partial charge in [-0.2, -0.15) is 26.3 Å². The SMILES string of the molecule is Nc1ccc(C#Cc2ccccc2)c(C(F)(F)F)c1.Nc1ccc(C#Cc2ccccc2)c(C(F)(F)F)c1. The second-order valence-corrected chi connectivity index (χ2v) is 7.84. The minimum atomic E-state index is -4.46. The first-order chi connectivity index (χ1) is 17.9. The van der Waals surface area contributed by atoms with Crippen molar-refractivity contribution in [2.24, 2.45) is 0 Å². The Balaban J connectivity index is 0.000000211. The molecule has 4 rings (SSSR count). The number of benzene rings is 4. The molecule has 0 spiro atoms. The predicted octanol–water partition coefficient (Wildman–Crippen LogP) is 7.37. The number of nitrogen functional groups attached to an aromatic ring is 2. The summed E-state index contributed by atoms with van der Waals surface area (Å²) in [5.41, 5.74) is 10.4. The van der Waals surface area contributed by atoms with Gasteiger partial charge < -0.3 is 11.5 Å². The van der Waals surface area contributed by atoms with Crippen LogP contribution in [0.2, 0.25) is 0 Å². The average Bonchev–Trinajstić information content (AvgIpc) is 2.88. The Kier molecular flexibility index (Phi) is 8.73. The summed E-state index contributed by atoms with van der Waals surface area (Å²) in [6.07, 6.45) is -8.92. The molecule has 4 aromatic rings. The predicted molar refractivity (Wildman–Crippen MR) is 137 cm³/mol. The number of hydrogen-bond donors (Lipinski definition) is 2. The highest BCUT2D eigenvalue weighted by atomic mass is 19.4. The van der Waals surface area contributed by atoms with Gasteiger partial charge in [0.25, 0.3) is 0 Å². The van der Waals surface area contributed by atoms with E-state index in [4.69, 9.17) is 11.5 Å². The summed E-state index contributed by atoms with van der Waals surface area (Å²) in [4.78, 5) is 0. The van der Waals surface area contributed by atoms with Gasteiger partial charge in [0.1, 0.15) is 0 Å². The Labute approximate surface area is 215 Å². The molecule has 4 aromatic carbocycles. The lowest BCUT2D eigenvalue weighted by atomic mass is 10.1. The maximum Gasteiger partial charge on any atom is 0.417 e. The van der Waals surface area contributed by atoms with Gasteiger partial charge in [-0.15, -0.1) is 0 Å².